The predicted octanol–water partition coefficient (Wildman–Crippen LogP) is 2.36. The molecule has 2 rings (SSSR count). The molecule has 1 amide bonds. The van der Waals surface area contributed by atoms with Crippen LogP contribution in [0.2, 0.25) is 4.34 Å². The molecule has 1 aromatic rings. The molecule has 0 aromatic carbocycles. The van der Waals surface area contributed by atoms with Gasteiger partial charge in [0.2, 0.25) is 5.91 Å². The highest BCUT2D eigenvalue weighted by molar-refractivity contribution is 7.16. The van der Waals surface area contributed by atoms with Crippen molar-refractivity contribution in [3.63, 3.8) is 0 Å². The quantitative estimate of drug-likeness (QED) is 0.913. The van der Waals surface area contributed by atoms with E-state index in [1.165, 1.54) is 0 Å². The Hall–Kier alpha value is -0.580. The van der Waals surface area contributed by atoms with Gasteiger partial charge in [0.25, 0.3) is 0 Å². The lowest BCUT2D eigenvalue weighted by atomic mass is 10.1. The van der Waals surface area contributed by atoms with Crippen molar-refractivity contribution < 1.29 is 4.79 Å². The van der Waals surface area contributed by atoms with Gasteiger partial charge in [-0.3, -0.25) is 4.79 Å². The van der Waals surface area contributed by atoms with Crippen LogP contribution in [0.3, 0.4) is 0 Å². The number of carbonyl (C=O) groups excluding carboxylic acids is 1. The fourth-order valence-corrected chi connectivity index (χ4v) is 3.20. The maximum Gasteiger partial charge on any atom is 0.227 e. The van der Waals surface area contributed by atoms with Gasteiger partial charge in [-0.2, -0.15) is 0 Å². The molecule has 2 heterocycles. The Morgan fingerprint density at radius 3 is 3.00 bits per heavy atom. The highest BCUT2D eigenvalue weighted by Gasteiger charge is 2.26. The Labute approximate surface area is 111 Å². The molecule has 0 aliphatic carbocycles. The van der Waals surface area contributed by atoms with E-state index >= 15 is 0 Å². The zero-order valence-corrected chi connectivity index (χ0v) is 11.5. The average Bonchev–Trinajstić information content (AvgIpc) is 2.96. The fourth-order valence-electron chi connectivity index (χ4n) is 2.09. The molecule has 0 saturated carbocycles. The number of amides is 1. The van der Waals surface area contributed by atoms with Crippen LogP contribution in [0.1, 0.15) is 18.2 Å². The zero-order chi connectivity index (χ0) is 12.3. The first-order chi connectivity index (χ1) is 8.20. The van der Waals surface area contributed by atoms with E-state index in [4.69, 9.17) is 11.6 Å². The number of thiophene rings is 1. The Kier molecular flexibility index (Phi) is 4.42. The standard InChI is InChI=1S/C12H17ClN2OS/c1-2-15(8-10-3-4-11(13)17-10)12(16)9-5-6-14-7-9/h3-4,9,14H,2,5-8H2,1H3. The van der Waals surface area contributed by atoms with Crippen molar-refractivity contribution in [2.24, 2.45) is 5.92 Å². The van der Waals surface area contributed by atoms with E-state index in [-0.39, 0.29) is 11.8 Å². The van der Waals surface area contributed by atoms with Crippen LogP contribution in [0.15, 0.2) is 12.1 Å². The van der Waals surface area contributed by atoms with Crippen molar-refractivity contribution >= 4 is 28.8 Å². The van der Waals surface area contributed by atoms with Crippen LogP contribution in [0.4, 0.5) is 0 Å². The monoisotopic (exact) mass is 272 g/mol. The molecule has 0 spiro atoms. The number of hydrogen-bond acceptors (Lipinski definition) is 3. The molecule has 94 valence electrons. The molecule has 1 aromatic heterocycles. The number of hydrogen-bond donors (Lipinski definition) is 1. The first-order valence-corrected chi connectivity index (χ1v) is 7.14. The number of nitrogens with one attached hydrogen (secondary N) is 1. The van der Waals surface area contributed by atoms with Crippen LogP contribution < -0.4 is 5.32 Å². The van der Waals surface area contributed by atoms with Gasteiger partial charge in [-0.15, -0.1) is 11.3 Å². The van der Waals surface area contributed by atoms with Gasteiger partial charge in [0.1, 0.15) is 0 Å². The summed E-state index contributed by atoms with van der Waals surface area (Å²) >= 11 is 7.45. The second-order valence-corrected chi connectivity index (χ2v) is 6.05. The smallest absolute Gasteiger partial charge is 0.227 e. The normalized spacial score (nSPS) is 19.5. The molecular weight excluding hydrogens is 256 g/mol. The topological polar surface area (TPSA) is 32.3 Å². The Morgan fingerprint density at radius 1 is 1.65 bits per heavy atom. The van der Waals surface area contributed by atoms with Gasteiger partial charge in [-0.1, -0.05) is 11.6 Å². The summed E-state index contributed by atoms with van der Waals surface area (Å²) < 4.78 is 0.783. The van der Waals surface area contributed by atoms with Crippen molar-refractivity contribution in [3.05, 3.63) is 21.3 Å². The summed E-state index contributed by atoms with van der Waals surface area (Å²) in [6.45, 7) is 5.24. The van der Waals surface area contributed by atoms with Crippen LogP contribution in [0.5, 0.6) is 0 Å². The summed E-state index contributed by atoms with van der Waals surface area (Å²) in [4.78, 5) is 15.3. The average molecular weight is 273 g/mol. The van der Waals surface area contributed by atoms with E-state index in [0.29, 0.717) is 6.54 Å². The third-order valence-corrected chi connectivity index (χ3v) is 4.29. The predicted molar refractivity (Wildman–Crippen MR) is 71.4 cm³/mol. The van der Waals surface area contributed by atoms with Crippen LogP contribution in [0, 0.1) is 5.92 Å². The third kappa shape index (κ3) is 3.21. The summed E-state index contributed by atoms with van der Waals surface area (Å²) in [5, 5.41) is 3.23. The minimum absolute atomic E-state index is 0.158. The summed E-state index contributed by atoms with van der Waals surface area (Å²) in [6.07, 6.45) is 0.959. The van der Waals surface area contributed by atoms with Gasteiger partial charge in [-0.05, 0) is 32.0 Å². The van der Waals surface area contributed by atoms with Gasteiger partial charge in [0, 0.05) is 18.0 Å². The Bertz CT molecular complexity index is 388. The van der Waals surface area contributed by atoms with Crippen LogP contribution >= 0.6 is 22.9 Å². The van der Waals surface area contributed by atoms with Crippen LogP contribution in [0.25, 0.3) is 0 Å². The lowest BCUT2D eigenvalue weighted by molar-refractivity contribution is -0.135. The van der Waals surface area contributed by atoms with E-state index in [2.05, 4.69) is 5.32 Å². The van der Waals surface area contributed by atoms with Gasteiger partial charge in [-0.25, -0.2) is 0 Å². The minimum atomic E-state index is 0.158. The molecule has 1 saturated heterocycles. The van der Waals surface area contributed by atoms with Crippen molar-refractivity contribution in [1.29, 1.82) is 0 Å². The molecule has 1 fully saturated rings. The van der Waals surface area contributed by atoms with Crippen molar-refractivity contribution in [2.75, 3.05) is 19.6 Å². The Morgan fingerprint density at radius 2 is 2.47 bits per heavy atom. The van der Waals surface area contributed by atoms with Crippen molar-refractivity contribution in [3.8, 4) is 0 Å². The fraction of sp³-hybridized carbons (Fsp3) is 0.583. The second kappa shape index (κ2) is 5.85. The lowest BCUT2D eigenvalue weighted by Crippen LogP contribution is -2.36. The molecule has 5 heteroatoms. The number of rotatable bonds is 4. The van der Waals surface area contributed by atoms with Gasteiger partial charge in [0.15, 0.2) is 0 Å². The molecule has 1 aliphatic rings. The Balaban J connectivity index is 1.98. The van der Waals surface area contributed by atoms with E-state index in [1.54, 1.807) is 11.3 Å². The van der Waals surface area contributed by atoms with Crippen molar-refractivity contribution in [2.45, 2.75) is 19.9 Å². The first kappa shape index (κ1) is 12.9. The maximum absolute atomic E-state index is 12.2. The summed E-state index contributed by atoms with van der Waals surface area (Å²) in [5.41, 5.74) is 0. The molecule has 1 atom stereocenters. The zero-order valence-electron chi connectivity index (χ0n) is 9.91. The summed E-state index contributed by atoms with van der Waals surface area (Å²) in [7, 11) is 0. The molecule has 1 aliphatic heterocycles. The largest absolute Gasteiger partial charge is 0.338 e. The lowest BCUT2D eigenvalue weighted by Gasteiger charge is -2.23. The summed E-state index contributed by atoms with van der Waals surface area (Å²) in [6, 6.07) is 3.88. The maximum atomic E-state index is 12.2. The van der Waals surface area contributed by atoms with E-state index in [1.807, 2.05) is 24.0 Å². The molecular formula is C12H17ClN2OS. The number of carbonyl (C=O) groups is 1. The van der Waals surface area contributed by atoms with E-state index in [9.17, 15) is 4.79 Å². The molecule has 0 bridgehead atoms. The third-order valence-electron chi connectivity index (χ3n) is 3.08. The molecule has 0 radical (unpaired) electrons. The van der Waals surface area contributed by atoms with Crippen LogP contribution in [-0.2, 0) is 11.3 Å². The van der Waals surface area contributed by atoms with E-state index < -0.39 is 0 Å². The second-order valence-electron chi connectivity index (χ2n) is 4.25. The SMILES string of the molecule is CCN(Cc1ccc(Cl)s1)C(=O)C1CCNC1. The van der Waals surface area contributed by atoms with Gasteiger partial charge >= 0.3 is 0 Å². The van der Waals surface area contributed by atoms with E-state index in [0.717, 1.165) is 35.3 Å². The number of nitrogens with zero attached hydrogens (tertiary/aromatic N) is 1. The van der Waals surface area contributed by atoms with Gasteiger partial charge < -0.3 is 10.2 Å². The van der Waals surface area contributed by atoms with Gasteiger partial charge in [0.05, 0.1) is 16.8 Å². The molecule has 1 unspecified atom stereocenters. The van der Waals surface area contributed by atoms with Crippen molar-refractivity contribution in [1.82, 2.24) is 10.2 Å². The molecule has 3 nitrogen and oxygen atoms in total. The molecule has 1 N–H and O–H groups in total. The highest BCUT2D eigenvalue weighted by Crippen LogP contribution is 2.23. The van der Waals surface area contributed by atoms with Crippen LogP contribution in [-0.4, -0.2) is 30.4 Å². The highest BCUT2D eigenvalue weighted by atomic mass is 35.5. The number of halogens is 1. The summed E-state index contributed by atoms with van der Waals surface area (Å²) in [5.74, 6) is 0.424. The first-order valence-electron chi connectivity index (χ1n) is 5.94. The molecule has 17 heavy (non-hydrogen) atoms. The minimum Gasteiger partial charge on any atom is -0.338 e.